The molecular weight excluding hydrogens is 641 g/mol. The van der Waals surface area contributed by atoms with Gasteiger partial charge in [0, 0.05) is 30.6 Å². The molecule has 232 valence electrons. The molecule has 4 nitrogen and oxygen atoms in total. The highest BCUT2D eigenvalue weighted by atomic mass is 32.1. The molecule has 0 atom stereocenters. The van der Waals surface area contributed by atoms with Crippen molar-refractivity contribution in [3.63, 3.8) is 0 Å². The Kier molecular flexibility index (Phi) is 8.45. The molecule has 0 aliphatic rings. The fourth-order valence-electron chi connectivity index (χ4n) is 4.46. The first kappa shape index (κ1) is 31.2. The van der Waals surface area contributed by atoms with E-state index in [1.807, 2.05) is 36.4 Å². The summed E-state index contributed by atoms with van der Waals surface area (Å²) >= 11 is 4.32. The van der Waals surface area contributed by atoms with Crippen molar-refractivity contribution in [1.82, 2.24) is 8.75 Å². The van der Waals surface area contributed by atoms with Crippen LogP contribution in [-0.4, -0.2) is 21.0 Å². The third-order valence-corrected chi connectivity index (χ3v) is 10.2. The average Bonchev–Trinajstić information content (AvgIpc) is 3.79. The molecule has 3 aromatic heterocycles. The predicted octanol–water partition coefficient (Wildman–Crippen LogP) is 11.7. The van der Waals surface area contributed by atoms with Crippen LogP contribution in [0.2, 0.25) is 0 Å². The Morgan fingerprint density at radius 2 is 0.867 bits per heavy atom. The molecule has 0 fully saturated rings. The maximum absolute atomic E-state index is 14.0. The molecule has 0 aliphatic heterocycles. The zero-order valence-electron chi connectivity index (χ0n) is 24.7. The maximum atomic E-state index is 14.0. The minimum atomic E-state index is -3.24. The Morgan fingerprint density at radius 3 is 1.22 bits per heavy atom. The van der Waals surface area contributed by atoms with Gasteiger partial charge in [-0.2, -0.15) is 26.3 Å². The van der Waals surface area contributed by atoms with Crippen LogP contribution in [0.15, 0.2) is 84.9 Å². The molecule has 6 aromatic rings. The predicted molar refractivity (Wildman–Crippen MR) is 176 cm³/mol. The van der Waals surface area contributed by atoms with E-state index in [2.05, 4.69) is 8.75 Å². The smallest absolute Gasteiger partial charge is 0.400 e. The van der Waals surface area contributed by atoms with Gasteiger partial charge in [0.25, 0.3) is 0 Å². The number of fused-ring (bicyclic) bond motifs is 1. The Morgan fingerprint density at radius 1 is 0.511 bits per heavy atom. The number of alkyl halides is 4. The van der Waals surface area contributed by atoms with Gasteiger partial charge in [0.2, 0.25) is 0 Å². The molecule has 0 aliphatic carbocycles. The molecule has 0 radical (unpaired) electrons. The lowest BCUT2D eigenvalue weighted by molar-refractivity contribution is -0.207. The third kappa shape index (κ3) is 6.47. The lowest BCUT2D eigenvalue weighted by Crippen LogP contribution is -2.31. The van der Waals surface area contributed by atoms with Gasteiger partial charge in [-0.25, -0.2) is 0 Å². The molecule has 0 N–H and O–H groups in total. The summed E-state index contributed by atoms with van der Waals surface area (Å²) in [4.78, 5) is 4.00. The zero-order valence-corrected chi connectivity index (χ0v) is 27.1. The third-order valence-electron chi connectivity index (χ3n) is 7.29. The molecule has 3 heterocycles. The molecule has 45 heavy (non-hydrogen) atoms. The van der Waals surface area contributed by atoms with E-state index in [9.17, 15) is 17.6 Å². The first-order chi connectivity index (χ1) is 21.4. The molecular formula is C34H28F4N2O2S3. The lowest BCUT2D eigenvalue weighted by atomic mass is 10.1. The van der Waals surface area contributed by atoms with E-state index in [4.69, 9.17) is 9.47 Å². The van der Waals surface area contributed by atoms with E-state index >= 15 is 0 Å². The van der Waals surface area contributed by atoms with Crippen molar-refractivity contribution in [2.75, 3.05) is 0 Å². The molecule has 0 unspecified atom stereocenters. The summed E-state index contributed by atoms with van der Waals surface area (Å²) in [6.07, 6.45) is -6.48. The highest BCUT2D eigenvalue weighted by molar-refractivity contribution is 7.19. The maximum Gasteiger partial charge on any atom is 0.400 e. The van der Waals surface area contributed by atoms with Crippen LogP contribution in [0.4, 0.5) is 17.6 Å². The monoisotopic (exact) mass is 668 g/mol. The van der Waals surface area contributed by atoms with Gasteiger partial charge in [0.1, 0.15) is 22.5 Å². The zero-order chi connectivity index (χ0) is 31.9. The Balaban J connectivity index is 1.22. The number of hydrogen-bond acceptors (Lipinski definition) is 7. The van der Waals surface area contributed by atoms with Crippen molar-refractivity contribution in [2.45, 2.75) is 39.9 Å². The van der Waals surface area contributed by atoms with Gasteiger partial charge >= 0.3 is 12.2 Å². The van der Waals surface area contributed by atoms with Gasteiger partial charge in [-0.1, -0.05) is 39.8 Å². The molecule has 0 saturated heterocycles. The highest BCUT2D eigenvalue weighted by Crippen LogP contribution is 2.43. The highest BCUT2D eigenvalue weighted by Gasteiger charge is 2.36. The van der Waals surface area contributed by atoms with E-state index < -0.39 is 24.1 Å². The SMILES string of the molecule is CC(C)C(F)(F)Oc1ccc(-c2ccc(-c3ccc(-c4ccc(-c5ccc(OC(F)(F)C(C)C)cc5)s4)c4nsnc34)s2)cc1. The number of benzene rings is 3. The second-order valence-corrected chi connectivity index (χ2v) is 13.8. The first-order valence-corrected chi connectivity index (χ1v) is 16.6. The van der Waals surface area contributed by atoms with Crippen LogP contribution in [0.3, 0.4) is 0 Å². The molecule has 0 spiro atoms. The number of rotatable bonds is 10. The first-order valence-electron chi connectivity index (χ1n) is 14.2. The second-order valence-electron chi connectivity index (χ2n) is 11.1. The Bertz CT molecular complexity index is 1790. The number of nitrogens with zero attached hydrogens (tertiary/aromatic N) is 2. The molecule has 0 amide bonds. The van der Waals surface area contributed by atoms with Crippen molar-refractivity contribution in [3.8, 4) is 53.3 Å². The number of aromatic nitrogens is 2. The summed E-state index contributed by atoms with van der Waals surface area (Å²) < 4.78 is 75.0. The van der Waals surface area contributed by atoms with Crippen LogP contribution in [0.1, 0.15) is 27.7 Å². The van der Waals surface area contributed by atoms with E-state index in [0.29, 0.717) is 0 Å². The average molecular weight is 669 g/mol. The van der Waals surface area contributed by atoms with Crippen molar-refractivity contribution in [1.29, 1.82) is 0 Å². The van der Waals surface area contributed by atoms with E-state index in [1.54, 1.807) is 71.2 Å². The minimum Gasteiger partial charge on any atom is -0.432 e. The summed E-state index contributed by atoms with van der Waals surface area (Å²) in [5.41, 5.74) is 5.31. The Labute approximate surface area is 270 Å². The van der Waals surface area contributed by atoms with Gasteiger partial charge in [0.05, 0.1) is 23.6 Å². The van der Waals surface area contributed by atoms with Crippen molar-refractivity contribution in [3.05, 3.63) is 84.9 Å². The fraction of sp³-hybridized carbons (Fsp3) is 0.235. The van der Waals surface area contributed by atoms with Crippen molar-refractivity contribution < 1.29 is 27.0 Å². The number of ether oxygens (including phenoxy) is 2. The molecule has 11 heteroatoms. The second kappa shape index (κ2) is 12.2. The van der Waals surface area contributed by atoms with Crippen LogP contribution in [0, 0.1) is 11.8 Å². The van der Waals surface area contributed by atoms with E-state index in [-0.39, 0.29) is 11.5 Å². The summed E-state index contributed by atoms with van der Waals surface area (Å²) in [5.74, 6) is -1.63. The van der Waals surface area contributed by atoms with Crippen molar-refractivity contribution in [2.24, 2.45) is 11.8 Å². The van der Waals surface area contributed by atoms with Gasteiger partial charge < -0.3 is 9.47 Å². The molecule has 0 bridgehead atoms. The van der Waals surface area contributed by atoms with Gasteiger partial charge in [-0.3, -0.25) is 0 Å². The summed E-state index contributed by atoms with van der Waals surface area (Å²) in [5, 5.41) is 0. The van der Waals surface area contributed by atoms with E-state index in [0.717, 1.165) is 64.5 Å². The fourth-order valence-corrected chi connectivity index (χ4v) is 7.11. The van der Waals surface area contributed by atoms with Crippen LogP contribution in [0.5, 0.6) is 11.5 Å². The van der Waals surface area contributed by atoms with Gasteiger partial charge in [-0.15, -0.1) is 22.7 Å². The Hall–Kier alpha value is -3.80. The summed E-state index contributed by atoms with van der Waals surface area (Å²) in [6, 6.07) is 25.5. The molecule has 6 rings (SSSR count). The van der Waals surface area contributed by atoms with Crippen LogP contribution in [0.25, 0.3) is 52.8 Å². The lowest BCUT2D eigenvalue weighted by Gasteiger charge is -2.21. The number of halogens is 4. The van der Waals surface area contributed by atoms with Gasteiger partial charge in [0.15, 0.2) is 0 Å². The summed E-state index contributed by atoms with van der Waals surface area (Å²) in [7, 11) is 0. The quantitative estimate of drug-likeness (QED) is 0.136. The van der Waals surface area contributed by atoms with Gasteiger partial charge in [-0.05, 0) is 83.9 Å². The number of hydrogen-bond donors (Lipinski definition) is 0. The number of thiophene rings is 2. The summed E-state index contributed by atoms with van der Waals surface area (Å²) in [6.45, 7) is 5.67. The molecule has 3 aromatic carbocycles. The molecule has 0 saturated carbocycles. The van der Waals surface area contributed by atoms with Crippen molar-refractivity contribution >= 4 is 45.4 Å². The van der Waals surface area contributed by atoms with Crippen LogP contribution >= 0.6 is 34.4 Å². The van der Waals surface area contributed by atoms with Crippen LogP contribution < -0.4 is 9.47 Å². The standard InChI is InChI=1S/C34H28F4N2O2S3/c1-19(2)33(35,36)41-23-9-5-21(6-10-23)27-15-17-29(43-27)25-13-14-26(32-31(25)39-45-40-32)30-18-16-28(44-30)22-7-11-24(12-8-22)42-34(37,38)20(3)4/h5-20H,1-4H3. The normalized spacial score (nSPS) is 12.4. The largest absolute Gasteiger partial charge is 0.432 e. The topological polar surface area (TPSA) is 44.2 Å². The van der Waals surface area contributed by atoms with Crippen LogP contribution in [-0.2, 0) is 0 Å². The van der Waals surface area contributed by atoms with E-state index in [1.165, 1.54) is 27.7 Å². The minimum absolute atomic E-state index is 0.120.